The van der Waals surface area contributed by atoms with Crippen molar-refractivity contribution in [2.75, 3.05) is 12.7 Å². The van der Waals surface area contributed by atoms with Gasteiger partial charge in [-0.25, -0.2) is 4.99 Å². The Morgan fingerprint density at radius 2 is 2.00 bits per heavy atom. The van der Waals surface area contributed by atoms with Gasteiger partial charge in [0.15, 0.2) is 0 Å². The van der Waals surface area contributed by atoms with E-state index in [2.05, 4.69) is 22.6 Å². The molecule has 0 saturated carbocycles. The molecule has 0 amide bonds. The summed E-state index contributed by atoms with van der Waals surface area (Å²) in [6, 6.07) is 0. The molecule has 0 bridgehead atoms. The lowest BCUT2D eigenvalue weighted by Gasteiger charge is -2.15. The molecule has 1 atom stereocenters. The molecule has 0 aromatic heterocycles. The fraction of sp³-hybridized carbons (Fsp3) is 0.714. The Balaban J connectivity index is 2.97. The smallest absolute Gasteiger partial charge is 0.324 e. The first kappa shape index (κ1) is 16.0. The van der Waals surface area contributed by atoms with Gasteiger partial charge in [0.25, 0.3) is 0 Å². The minimum atomic E-state index is -4.80. The highest BCUT2D eigenvalue weighted by atomic mass is 32.1. The van der Waals surface area contributed by atoms with E-state index in [1.165, 1.54) is 0 Å². The minimum absolute atomic E-state index is 0.0734. The van der Waals surface area contributed by atoms with Crippen LogP contribution in [-0.4, -0.2) is 48.8 Å². The van der Waals surface area contributed by atoms with Gasteiger partial charge < -0.3 is 19.6 Å². The lowest BCUT2D eigenvalue weighted by atomic mass is 10.2. The van der Waals surface area contributed by atoms with E-state index >= 15 is 0 Å². The molecular formula is C7H14N2O6P2S. The van der Waals surface area contributed by atoms with Crippen molar-refractivity contribution in [1.82, 2.24) is 0 Å². The fourth-order valence-corrected chi connectivity index (χ4v) is 3.48. The Morgan fingerprint density at radius 3 is 2.39 bits per heavy atom. The third kappa shape index (κ3) is 5.75. The number of hydrogen-bond donors (Lipinski definition) is 5. The summed E-state index contributed by atoms with van der Waals surface area (Å²) >= 11 is 4.18. The van der Waals surface area contributed by atoms with Crippen LogP contribution in [-0.2, 0) is 9.13 Å². The summed E-state index contributed by atoms with van der Waals surface area (Å²) in [7, 11) is -9.39. The molecule has 104 valence electrons. The van der Waals surface area contributed by atoms with E-state index in [1.807, 2.05) is 0 Å². The molecule has 0 radical (unpaired) electrons. The lowest BCUT2D eigenvalue weighted by molar-refractivity contribution is 0.374. The molecule has 1 unspecified atom stereocenters. The summed E-state index contributed by atoms with van der Waals surface area (Å²) in [6.07, 6.45) is -0.0464. The van der Waals surface area contributed by atoms with E-state index in [0.717, 1.165) is 0 Å². The maximum atomic E-state index is 11.1. The Hall–Kier alpha value is -0.0100. The molecule has 0 fully saturated rings. The topological polar surface area (TPSA) is 140 Å². The molecule has 0 aromatic carbocycles. The lowest BCUT2D eigenvalue weighted by Crippen LogP contribution is -2.17. The van der Waals surface area contributed by atoms with Crippen LogP contribution in [0.3, 0.4) is 0 Å². The van der Waals surface area contributed by atoms with Crippen molar-refractivity contribution in [3.63, 3.8) is 0 Å². The fourth-order valence-electron chi connectivity index (χ4n) is 1.29. The molecule has 4 N–H and O–H groups in total. The number of rotatable bonds is 3. The Bertz CT molecular complexity index is 467. The quantitative estimate of drug-likeness (QED) is 0.287. The predicted molar refractivity (Wildman–Crippen MR) is 70.7 cm³/mol. The number of aliphatic imine (C=N–C) groups is 2. The number of hydrogen-bond acceptors (Lipinski definition) is 5. The highest BCUT2D eigenvalue weighted by Gasteiger charge is 2.31. The summed E-state index contributed by atoms with van der Waals surface area (Å²) in [4.78, 5) is 43.1. The first-order chi connectivity index (χ1) is 8.08. The average molecular weight is 316 g/mol. The maximum Gasteiger partial charge on any atom is 0.371 e. The van der Waals surface area contributed by atoms with Crippen LogP contribution in [0.4, 0.5) is 0 Å². The van der Waals surface area contributed by atoms with Gasteiger partial charge in [-0.05, 0) is 6.42 Å². The molecule has 1 rings (SSSR count). The van der Waals surface area contributed by atoms with Crippen LogP contribution in [0.1, 0.15) is 12.8 Å². The Morgan fingerprint density at radius 1 is 1.39 bits per heavy atom. The molecule has 1 aliphatic heterocycles. The van der Waals surface area contributed by atoms with Crippen molar-refractivity contribution in [3.05, 3.63) is 0 Å². The van der Waals surface area contributed by atoms with Gasteiger partial charge in [0.05, 0.1) is 6.54 Å². The van der Waals surface area contributed by atoms with E-state index in [1.54, 1.807) is 0 Å². The van der Waals surface area contributed by atoms with Gasteiger partial charge in [-0.1, -0.05) is 0 Å². The zero-order valence-electron chi connectivity index (χ0n) is 9.25. The van der Waals surface area contributed by atoms with E-state index in [-0.39, 0.29) is 11.1 Å². The van der Waals surface area contributed by atoms with Crippen LogP contribution < -0.4 is 0 Å². The number of thiol groups is 1. The summed E-state index contributed by atoms with van der Waals surface area (Å²) < 4.78 is 21.9. The molecule has 0 spiro atoms. The normalized spacial score (nSPS) is 22.8. The van der Waals surface area contributed by atoms with Crippen LogP contribution in [0.25, 0.3) is 0 Å². The second-order valence-corrected chi connectivity index (χ2v) is 7.82. The largest absolute Gasteiger partial charge is 0.371 e. The minimum Gasteiger partial charge on any atom is -0.324 e. The highest BCUT2D eigenvalue weighted by molar-refractivity contribution is 7.81. The van der Waals surface area contributed by atoms with Gasteiger partial charge in [0.2, 0.25) is 0 Å². The first-order valence-corrected chi connectivity index (χ1v) is 8.90. The number of nitrogens with zero attached hydrogens (tertiary/aromatic N) is 2. The van der Waals surface area contributed by atoms with E-state index in [9.17, 15) is 9.13 Å². The van der Waals surface area contributed by atoms with Crippen molar-refractivity contribution in [3.8, 4) is 0 Å². The monoisotopic (exact) mass is 316 g/mol. The van der Waals surface area contributed by atoms with E-state index < -0.39 is 26.8 Å². The summed E-state index contributed by atoms with van der Waals surface area (Å²) in [5.41, 5.74) is -0.827. The van der Waals surface area contributed by atoms with Crippen LogP contribution in [0, 0.1) is 0 Å². The zero-order valence-corrected chi connectivity index (χ0v) is 11.9. The van der Waals surface area contributed by atoms with E-state index in [4.69, 9.17) is 19.6 Å². The van der Waals surface area contributed by atoms with Gasteiger partial charge in [-0.2, -0.15) is 12.6 Å². The van der Waals surface area contributed by atoms with Crippen molar-refractivity contribution in [1.29, 1.82) is 0 Å². The molecule has 18 heavy (non-hydrogen) atoms. The van der Waals surface area contributed by atoms with Crippen molar-refractivity contribution < 1.29 is 28.7 Å². The molecule has 1 heterocycles. The molecule has 0 saturated heterocycles. The van der Waals surface area contributed by atoms with Gasteiger partial charge in [0, 0.05) is 11.7 Å². The van der Waals surface area contributed by atoms with Gasteiger partial charge in [0.1, 0.15) is 17.5 Å². The molecular weight excluding hydrogens is 302 g/mol. The van der Waals surface area contributed by atoms with Crippen molar-refractivity contribution in [2.24, 2.45) is 9.98 Å². The summed E-state index contributed by atoms with van der Waals surface area (Å²) in [5, 5.41) is 0.0734. The first-order valence-electron chi connectivity index (χ1n) is 4.97. The van der Waals surface area contributed by atoms with E-state index in [0.29, 0.717) is 19.4 Å². The standard InChI is InChI=1S/C7H14N2O6P2S/c10-16(11,12)4-7(17(13,14)15)9-6-2-1-5(18)3-8-6/h5,18H,1-4H2,(H2,10,11,12)(H2,13,14,15). The molecule has 8 nitrogen and oxygen atoms in total. The second-order valence-electron chi connectivity index (χ2n) is 3.84. The SMILES string of the molecule is O=P(O)(O)CC(=NC1=NCC(S)CC1)P(=O)(O)O. The zero-order chi connectivity index (χ0) is 14.0. The molecule has 0 aromatic rings. The Kier molecular flexibility index (Phi) is 5.32. The molecule has 0 aliphatic carbocycles. The van der Waals surface area contributed by atoms with Crippen molar-refractivity contribution >= 4 is 39.1 Å². The number of amidine groups is 1. The van der Waals surface area contributed by atoms with Crippen LogP contribution in [0.5, 0.6) is 0 Å². The van der Waals surface area contributed by atoms with Crippen LogP contribution >= 0.6 is 27.8 Å². The second kappa shape index (κ2) is 5.96. The van der Waals surface area contributed by atoms with Crippen LogP contribution in [0.15, 0.2) is 9.98 Å². The van der Waals surface area contributed by atoms with Gasteiger partial charge in [-0.15, -0.1) is 0 Å². The Labute approximate surface area is 109 Å². The third-order valence-corrected chi connectivity index (χ3v) is 4.44. The highest BCUT2D eigenvalue weighted by Crippen LogP contribution is 2.45. The molecule has 11 heteroatoms. The molecule has 1 aliphatic rings. The summed E-state index contributed by atoms with van der Waals surface area (Å²) in [6.45, 7) is 0.367. The van der Waals surface area contributed by atoms with Crippen molar-refractivity contribution in [2.45, 2.75) is 18.1 Å². The van der Waals surface area contributed by atoms with Crippen LogP contribution in [0.2, 0.25) is 0 Å². The van der Waals surface area contributed by atoms with Gasteiger partial charge >= 0.3 is 15.2 Å². The average Bonchev–Trinajstić information content (AvgIpc) is 2.17. The predicted octanol–water partition coefficient (Wildman–Crippen LogP) is 0.231. The maximum absolute atomic E-state index is 11.1. The third-order valence-electron chi connectivity index (χ3n) is 2.13. The summed E-state index contributed by atoms with van der Waals surface area (Å²) in [5.74, 6) is 0.187. The van der Waals surface area contributed by atoms with Gasteiger partial charge in [-0.3, -0.25) is 14.1 Å².